The molecule has 1 atom stereocenters. The highest BCUT2D eigenvalue weighted by molar-refractivity contribution is 7.67. The number of hydrazone groups is 1. The van der Waals surface area contributed by atoms with Crippen LogP contribution >= 0.6 is 7.36 Å². The second kappa shape index (κ2) is 7.96. The van der Waals surface area contributed by atoms with Crippen LogP contribution in [0.15, 0.2) is 69.4 Å². The Bertz CT molecular complexity index is 1110. The number of aryl methyl sites for hydroxylation is 1. The fourth-order valence-corrected chi connectivity index (χ4v) is 8.84. The summed E-state index contributed by atoms with van der Waals surface area (Å²) in [5.74, 6) is 0. The Labute approximate surface area is 187 Å². The van der Waals surface area contributed by atoms with Crippen molar-refractivity contribution in [3.8, 4) is 0 Å². The number of hydrogen-bond donors (Lipinski definition) is 0. The Morgan fingerprint density at radius 2 is 1.65 bits per heavy atom. The van der Waals surface area contributed by atoms with E-state index in [9.17, 15) is 0 Å². The highest BCUT2D eigenvalue weighted by atomic mass is 31.2. The second-order valence-electron chi connectivity index (χ2n) is 8.76. The average Bonchev–Trinajstić information content (AvgIpc) is 3.16. The van der Waals surface area contributed by atoms with Crippen LogP contribution in [0.5, 0.6) is 0 Å². The Kier molecular flexibility index (Phi) is 5.61. The molecule has 0 bridgehead atoms. The van der Waals surface area contributed by atoms with Crippen LogP contribution in [0.4, 0.5) is 11.4 Å². The smallest absolute Gasteiger partial charge is 0.174 e. The van der Waals surface area contributed by atoms with E-state index < -0.39 is 7.36 Å². The van der Waals surface area contributed by atoms with Crippen molar-refractivity contribution in [3.05, 3.63) is 70.7 Å². The molecule has 2 heterocycles. The zero-order chi connectivity index (χ0) is 22.4. The average molecular weight is 436 g/mol. The summed E-state index contributed by atoms with van der Waals surface area (Å²) in [6, 6.07) is 17.2. The van der Waals surface area contributed by atoms with E-state index in [1.165, 1.54) is 27.8 Å². The number of hydrogen-bond acceptors (Lipinski definition) is 3. The van der Waals surface area contributed by atoms with E-state index in [0.717, 1.165) is 18.8 Å². The summed E-state index contributed by atoms with van der Waals surface area (Å²) in [6.45, 7) is 13.1. The maximum absolute atomic E-state index is 5.55. The number of benzene rings is 2. The van der Waals surface area contributed by atoms with Crippen LogP contribution < -0.4 is 4.90 Å². The zero-order valence-corrected chi connectivity index (χ0v) is 20.7. The van der Waals surface area contributed by atoms with Crippen molar-refractivity contribution in [2.45, 2.75) is 40.0 Å². The van der Waals surface area contributed by atoms with Crippen molar-refractivity contribution in [1.29, 1.82) is 0 Å². The third kappa shape index (κ3) is 3.18. The molecule has 0 saturated heterocycles. The minimum absolute atomic E-state index is 0.127. The van der Waals surface area contributed by atoms with E-state index in [2.05, 4.69) is 118 Å². The largest absolute Gasteiger partial charge is 0.346 e. The normalized spacial score (nSPS) is 24.3. The second-order valence-corrected chi connectivity index (χ2v) is 11.7. The van der Waals surface area contributed by atoms with Gasteiger partial charge in [0.2, 0.25) is 0 Å². The van der Waals surface area contributed by atoms with Crippen molar-refractivity contribution < 1.29 is 0 Å². The van der Waals surface area contributed by atoms with Gasteiger partial charge in [0.25, 0.3) is 0 Å². The lowest BCUT2D eigenvalue weighted by Gasteiger charge is -2.39. The van der Waals surface area contributed by atoms with E-state index in [1.807, 2.05) is 0 Å². The molecular weight excluding hydrogens is 401 g/mol. The molecule has 2 aliphatic rings. The number of likely N-dealkylation sites (N-methyl/N-ethyl adjacent to an activating group) is 1. The summed E-state index contributed by atoms with van der Waals surface area (Å²) >= 11 is 0. The molecule has 6 heteroatoms. The third-order valence-corrected chi connectivity index (χ3v) is 10.4. The Balaban J connectivity index is 2.08. The molecule has 0 spiro atoms. The molecule has 0 saturated carbocycles. The number of allylic oxidation sites excluding steroid dienone is 2. The van der Waals surface area contributed by atoms with Gasteiger partial charge in [0, 0.05) is 44.0 Å². The van der Waals surface area contributed by atoms with Crippen molar-refractivity contribution >= 4 is 24.9 Å². The lowest BCUT2D eigenvalue weighted by Crippen LogP contribution is -2.30. The van der Waals surface area contributed by atoms with Gasteiger partial charge in [-0.05, 0) is 30.2 Å². The standard InChI is InChI=1S/C25H34N5P/c1-8-30(9-2)31(27-21-16-12-10-14-19(21)3)23(18-26-29(31)7)24-25(4,5)20-15-11-13-17-22(20)28(24)6/h10-18H,8-9H2,1-7H3/b24-23-/t31-/m0/s1. The van der Waals surface area contributed by atoms with Gasteiger partial charge in [-0.15, -0.1) is 0 Å². The highest BCUT2D eigenvalue weighted by Crippen LogP contribution is 2.69. The fourth-order valence-electron chi connectivity index (χ4n) is 5.06. The minimum atomic E-state index is -2.29. The number of nitrogens with zero attached hydrogens (tertiary/aromatic N) is 5. The molecule has 2 aromatic rings. The minimum Gasteiger partial charge on any atom is -0.346 e. The monoisotopic (exact) mass is 435 g/mol. The molecule has 5 nitrogen and oxygen atoms in total. The van der Waals surface area contributed by atoms with Gasteiger partial charge in [-0.25, -0.2) is 14.2 Å². The topological polar surface area (TPSA) is 34.4 Å². The van der Waals surface area contributed by atoms with Gasteiger partial charge in [-0.1, -0.05) is 64.1 Å². The van der Waals surface area contributed by atoms with Crippen LogP contribution in [0.2, 0.25) is 0 Å². The number of para-hydroxylation sites is 1. The molecule has 4 rings (SSSR count). The number of rotatable bonds is 4. The van der Waals surface area contributed by atoms with E-state index >= 15 is 0 Å². The van der Waals surface area contributed by atoms with E-state index in [0.29, 0.717) is 0 Å². The summed E-state index contributed by atoms with van der Waals surface area (Å²) < 4.78 is 10.2. The molecular formula is C25H34N5P. The van der Waals surface area contributed by atoms with Gasteiger partial charge in [-0.3, -0.25) is 0 Å². The van der Waals surface area contributed by atoms with Crippen LogP contribution in [-0.4, -0.2) is 42.8 Å². The fraction of sp³-hybridized carbons (Fsp3) is 0.400. The van der Waals surface area contributed by atoms with Crippen molar-refractivity contribution in [2.75, 3.05) is 32.1 Å². The highest BCUT2D eigenvalue weighted by Gasteiger charge is 2.47. The quantitative estimate of drug-likeness (QED) is 0.510. The first-order valence-corrected chi connectivity index (χ1v) is 12.7. The van der Waals surface area contributed by atoms with E-state index in [4.69, 9.17) is 9.85 Å². The molecule has 2 aromatic carbocycles. The van der Waals surface area contributed by atoms with E-state index in [1.54, 1.807) is 0 Å². The molecule has 0 unspecified atom stereocenters. The van der Waals surface area contributed by atoms with Crippen LogP contribution in [-0.2, 0) is 5.41 Å². The first kappa shape index (κ1) is 21.9. The maximum atomic E-state index is 5.55. The number of anilines is 1. The number of fused-ring (bicyclic) bond motifs is 1. The lowest BCUT2D eigenvalue weighted by molar-refractivity contribution is 0.452. The molecule has 0 N–H and O–H groups in total. The molecule has 0 fully saturated rings. The summed E-state index contributed by atoms with van der Waals surface area (Å²) in [6.07, 6.45) is 2.08. The van der Waals surface area contributed by atoms with Gasteiger partial charge in [0.05, 0.1) is 17.2 Å². The SMILES string of the molecule is CCN(CC)[P@]1(=Nc2ccccc2C)/C(=C2\N(C)c3ccccc3C2(C)C)C=NN1C. The third-order valence-electron chi connectivity index (χ3n) is 6.67. The summed E-state index contributed by atoms with van der Waals surface area (Å²) in [5.41, 5.74) is 6.05. The summed E-state index contributed by atoms with van der Waals surface area (Å²) in [5, 5.41) is 6.11. The van der Waals surface area contributed by atoms with Crippen LogP contribution in [0.25, 0.3) is 0 Å². The first-order valence-electron chi connectivity index (χ1n) is 11.1. The van der Waals surface area contributed by atoms with E-state index in [-0.39, 0.29) is 5.41 Å². The van der Waals surface area contributed by atoms with Gasteiger partial charge in [0.1, 0.15) is 0 Å². The van der Waals surface area contributed by atoms with Crippen LogP contribution in [0, 0.1) is 6.92 Å². The van der Waals surface area contributed by atoms with Crippen LogP contribution in [0.3, 0.4) is 0 Å². The molecule has 164 valence electrons. The predicted molar refractivity (Wildman–Crippen MR) is 134 cm³/mol. The Morgan fingerprint density at radius 3 is 2.29 bits per heavy atom. The van der Waals surface area contributed by atoms with Crippen LogP contribution in [0.1, 0.15) is 38.8 Å². The zero-order valence-electron chi connectivity index (χ0n) is 19.8. The van der Waals surface area contributed by atoms with Gasteiger partial charge < -0.3 is 4.90 Å². The van der Waals surface area contributed by atoms with Crippen molar-refractivity contribution in [2.24, 2.45) is 9.85 Å². The van der Waals surface area contributed by atoms with Gasteiger partial charge in [0.15, 0.2) is 7.36 Å². The molecule has 0 aliphatic carbocycles. The molecule has 0 amide bonds. The molecule has 0 radical (unpaired) electrons. The lowest BCUT2D eigenvalue weighted by atomic mass is 9.84. The summed E-state index contributed by atoms with van der Waals surface area (Å²) in [7, 11) is 1.98. The van der Waals surface area contributed by atoms with Crippen molar-refractivity contribution in [3.63, 3.8) is 0 Å². The molecule has 0 aromatic heterocycles. The predicted octanol–water partition coefficient (Wildman–Crippen LogP) is 6.57. The first-order chi connectivity index (χ1) is 14.8. The molecule has 31 heavy (non-hydrogen) atoms. The Morgan fingerprint density at radius 1 is 1.00 bits per heavy atom. The van der Waals surface area contributed by atoms with Gasteiger partial charge in [-0.2, -0.15) is 5.10 Å². The van der Waals surface area contributed by atoms with Gasteiger partial charge >= 0.3 is 0 Å². The Hall–Kier alpha value is -2.36. The maximum Gasteiger partial charge on any atom is 0.174 e. The molecule has 2 aliphatic heterocycles. The van der Waals surface area contributed by atoms with Crippen molar-refractivity contribution in [1.82, 2.24) is 9.45 Å². The summed E-state index contributed by atoms with van der Waals surface area (Å²) in [4.78, 5) is 2.36.